The lowest BCUT2D eigenvalue weighted by molar-refractivity contribution is 0.236. The van der Waals surface area contributed by atoms with Crippen LogP contribution in [0.3, 0.4) is 0 Å². The van der Waals surface area contributed by atoms with Crippen LogP contribution in [0, 0.1) is 18.3 Å². The van der Waals surface area contributed by atoms with Gasteiger partial charge in [0, 0.05) is 19.0 Å². The molecule has 1 heterocycles. The minimum absolute atomic E-state index is 0.319. The van der Waals surface area contributed by atoms with Crippen LogP contribution in [0.5, 0.6) is 0 Å². The van der Waals surface area contributed by atoms with Crippen molar-refractivity contribution in [3.63, 3.8) is 0 Å². The number of aliphatic hydroxyl groups excluding tert-OH is 1. The predicted octanol–water partition coefficient (Wildman–Crippen LogP) is 4.38. The molecule has 0 spiro atoms. The van der Waals surface area contributed by atoms with E-state index in [-0.39, 0.29) is 0 Å². The number of nitrogens with zero attached hydrogens (tertiary/aromatic N) is 1. The summed E-state index contributed by atoms with van der Waals surface area (Å²) < 4.78 is 0. The van der Waals surface area contributed by atoms with Crippen LogP contribution in [0.2, 0.25) is 0 Å². The Hall–Kier alpha value is -0.890. The average Bonchev–Trinajstić information content (AvgIpc) is 2.52. The smallest absolute Gasteiger partial charge is 0.0433 e. The van der Waals surface area contributed by atoms with Gasteiger partial charge in [-0.25, -0.2) is 0 Å². The summed E-state index contributed by atoms with van der Waals surface area (Å²) in [5.74, 6) is 1.58. The molecule has 0 aromatic carbocycles. The van der Waals surface area contributed by atoms with E-state index in [9.17, 15) is 5.11 Å². The van der Waals surface area contributed by atoms with Gasteiger partial charge < -0.3 is 5.11 Å². The fraction of sp³-hybridized carbons (Fsp3) is 0.667. The van der Waals surface area contributed by atoms with Gasteiger partial charge in [0.2, 0.25) is 0 Å². The zero-order valence-electron chi connectivity index (χ0n) is 12.5. The van der Waals surface area contributed by atoms with Crippen molar-refractivity contribution >= 4 is 0 Å². The van der Waals surface area contributed by atoms with Gasteiger partial charge in [-0.2, -0.15) is 0 Å². The molecule has 0 aliphatic heterocycles. The zero-order valence-corrected chi connectivity index (χ0v) is 12.5. The number of hydrogen-bond donors (Lipinski definition) is 1. The molecular formula is C18H28NO. The molecule has 0 saturated heterocycles. The molecule has 1 aliphatic carbocycles. The molecule has 2 heteroatoms. The van der Waals surface area contributed by atoms with Gasteiger partial charge in [0.25, 0.3) is 0 Å². The van der Waals surface area contributed by atoms with Crippen molar-refractivity contribution in [2.75, 3.05) is 6.61 Å². The van der Waals surface area contributed by atoms with E-state index >= 15 is 0 Å². The van der Waals surface area contributed by atoms with Crippen molar-refractivity contribution in [1.82, 2.24) is 4.98 Å². The lowest BCUT2D eigenvalue weighted by Gasteiger charge is -2.24. The average molecular weight is 274 g/mol. The molecule has 20 heavy (non-hydrogen) atoms. The van der Waals surface area contributed by atoms with Gasteiger partial charge in [-0.05, 0) is 48.8 Å². The van der Waals surface area contributed by atoms with Crippen molar-refractivity contribution in [1.29, 1.82) is 0 Å². The van der Waals surface area contributed by atoms with Crippen molar-refractivity contribution in [2.45, 2.75) is 57.8 Å². The number of hydrogen-bond acceptors (Lipinski definition) is 2. The van der Waals surface area contributed by atoms with Crippen LogP contribution in [0.4, 0.5) is 0 Å². The summed E-state index contributed by atoms with van der Waals surface area (Å²) in [7, 11) is 0. The van der Waals surface area contributed by atoms with Crippen LogP contribution < -0.4 is 0 Å². The Morgan fingerprint density at radius 2 is 1.90 bits per heavy atom. The summed E-state index contributed by atoms with van der Waals surface area (Å²) in [6, 6.07) is 4.11. The highest BCUT2D eigenvalue weighted by molar-refractivity contribution is 5.18. The fourth-order valence-electron chi connectivity index (χ4n) is 3.31. The number of aromatic nitrogens is 1. The first kappa shape index (κ1) is 15.5. The van der Waals surface area contributed by atoms with Crippen LogP contribution in [0.15, 0.2) is 24.5 Å². The molecular weight excluding hydrogens is 246 g/mol. The highest BCUT2D eigenvalue weighted by Gasteiger charge is 2.16. The molecule has 1 radical (unpaired) electrons. The molecule has 1 N–H and O–H groups in total. The first-order chi connectivity index (χ1) is 9.88. The van der Waals surface area contributed by atoms with Gasteiger partial charge in [0.05, 0.1) is 0 Å². The summed E-state index contributed by atoms with van der Waals surface area (Å²) in [5.41, 5.74) is 1.25. The lowest BCUT2D eigenvalue weighted by atomic mass is 9.82. The van der Waals surface area contributed by atoms with Crippen molar-refractivity contribution in [2.24, 2.45) is 11.8 Å². The van der Waals surface area contributed by atoms with E-state index < -0.39 is 0 Å². The summed E-state index contributed by atoms with van der Waals surface area (Å²) in [5, 5.41) is 9.25. The quantitative estimate of drug-likeness (QED) is 0.763. The van der Waals surface area contributed by atoms with Crippen LogP contribution >= 0.6 is 0 Å². The monoisotopic (exact) mass is 274 g/mol. The van der Waals surface area contributed by atoms with Crippen LogP contribution in [0.1, 0.15) is 63.4 Å². The third-order valence-electron chi connectivity index (χ3n) is 4.64. The maximum Gasteiger partial charge on any atom is 0.0433 e. The van der Waals surface area contributed by atoms with E-state index in [4.69, 9.17) is 0 Å². The molecule has 1 saturated carbocycles. The first-order valence-electron chi connectivity index (χ1n) is 8.22. The maximum atomic E-state index is 9.25. The van der Waals surface area contributed by atoms with E-state index in [1.54, 1.807) is 0 Å². The zero-order chi connectivity index (χ0) is 14.0. The summed E-state index contributed by atoms with van der Waals surface area (Å²) in [6.07, 6.45) is 17.8. The predicted molar refractivity (Wildman–Crippen MR) is 83.3 cm³/mol. The Morgan fingerprint density at radius 3 is 2.60 bits per heavy atom. The number of rotatable bonds is 8. The Morgan fingerprint density at radius 1 is 1.15 bits per heavy atom. The molecule has 1 unspecified atom stereocenters. The molecule has 2 rings (SSSR count). The molecule has 1 fully saturated rings. The topological polar surface area (TPSA) is 33.1 Å². The second-order valence-corrected chi connectivity index (χ2v) is 6.18. The molecule has 1 aromatic rings. The van der Waals surface area contributed by atoms with Crippen LogP contribution in [0.25, 0.3) is 0 Å². The van der Waals surface area contributed by atoms with Crippen molar-refractivity contribution < 1.29 is 5.11 Å². The van der Waals surface area contributed by atoms with E-state index in [1.807, 2.05) is 12.4 Å². The van der Waals surface area contributed by atoms with E-state index in [1.165, 1.54) is 50.5 Å². The summed E-state index contributed by atoms with van der Waals surface area (Å²) in [6.45, 7) is 0.319. The van der Waals surface area contributed by atoms with Gasteiger partial charge in [-0.1, -0.05) is 44.9 Å². The molecule has 1 aliphatic rings. The van der Waals surface area contributed by atoms with Gasteiger partial charge in [-0.15, -0.1) is 0 Å². The van der Waals surface area contributed by atoms with Gasteiger partial charge in [-0.3, -0.25) is 4.98 Å². The first-order valence-corrected chi connectivity index (χ1v) is 8.22. The maximum absolute atomic E-state index is 9.25. The highest BCUT2D eigenvalue weighted by atomic mass is 16.3. The van der Waals surface area contributed by atoms with E-state index in [0.29, 0.717) is 12.5 Å². The van der Waals surface area contributed by atoms with Gasteiger partial charge >= 0.3 is 0 Å². The lowest BCUT2D eigenvalue weighted by Crippen LogP contribution is -2.10. The Bertz CT molecular complexity index is 346. The molecule has 0 bridgehead atoms. The minimum atomic E-state index is 0.319. The molecule has 1 atom stereocenters. The Balaban J connectivity index is 1.71. The normalized spacial score (nSPS) is 18.1. The number of pyridine rings is 1. The summed E-state index contributed by atoms with van der Waals surface area (Å²) >= 11 is 0. The van der Waals surface area contributed by atoms with Gasteiger partial charge in [0.1, 0.15) is 0 Å². The highest BCUT2D eigenvalue weighted by Crippen LogP contribution is 2.30. The van der Waals surface area contributed by atoms with Crippen molar-refractivity contribution in [3.8, 4) is 0 Å². The number of aliphatic hydroxyl groups is 1. The molecule has 111 valence electrons. The van der Waals surface area contributed by atoms with Gasteiger partial charge in [0.15, 0.2) is 0 Å². The largest absolute Gasteiger partial charge is 0.396 e. The third kappa shape index (κ3) is 5.62. The molecule has 1 aromatic heterocycles. The van der Waals surface area contributed by atoms with Crippen LogP contribution in [-0.4, -0.2) is 16.7 Å². The van der Waals surface area contributed by atoms with E-state index in [2.05, 4.69) is 23.5 Å². The summed E-state index contributed by atoms with van der Waals surface area (Å²) in [4.78, 5) is 4.05. The Labute approximate surface area is 123 Å². The van der Waals surface area contributed by atoms with Crippen molar-refractivity contribution in [3.05, 3.63) is 36.5 Å². The SMILES string of the molecule is OCCC(C[CH]c1ccncc1)CCC1CCCCC1. The second kappa shape index (κ2) is 9.12. The molecule has 0 amide bonds. The fourth-order valence-corrected chi connectivity index (χ4v) is 3.31. The minimum Gasteiger partial charge on any atom is -0.396 e. The van der Waals surface area contributed by atoms with E-state index in [0.717, 1.165) is 18.8 Å². The van der Waals surface area contributed by atoms with Crippen LogP contribution in [-0.2, 0) is 0 Å². The standard InChI is InChI=1S/C18H28NO/c20-15-12-17(7-6-16-4-2-1-3-5-16)8-9-18-10-13-19-14-11-18/h9-11,13-14,16-17,20H,1-8,12,15H2. The second-order valence-electron chi connectivity index (χ2n) is 6.18. The Kier molecular flexibility index (Phi) is 7.07. The third-order valence-corrected chi connectivity index (χ3v) is 4.64. The molecule has 2 nitrogen and oxygen atoms in total.